The molecule has 0 aliphatic heterocycles. The minimum atomic E-state index is 0.454. The first kappa shape index (κ1) is 15.8. The summed E-state index contributed by atoms with van der Waals surface area (Å²) in [5.41, 5.74) is 1.72. The number of aromatic nitrogens is 5. The lowest BCUT2D eigenvalue weighted by Crippen LogP contribution is -2.04. The van der Waals surface area contributed by atoms with Crippen molar-refractivity contribution in [3.63, 3.8) is 0 Å². The summed E-state index contributed by atoms with van der Waals surface area (Å²) in [5.74, 6) is 2.78. The topological polar surface area (TPSA) is 77.8 Å². The van der Waals surface area contributed by atoms with E-state index in [2.05, 4.69) is 25.6 Å². The van der Waals surface area contributed by atoms with Gasteiger partial charge in [-0.25, -0.2) is 14.6 Å². The van der Waals surface area contributed by atoms with Crippen LogP contribution in [0, 0.1) is 0 Å². The third kappa shape index (κ3) is 3.71. The van der Waals surface area contributed by atoms with Gasteiger partial charge in [0.25, 0.3) is 0 Å². The van der Waals surface area contributed by atoms with Crippen LogP contribution in [0.25, 0.3) is 5.69 Å². The number of methoxy groups -OCH3 is 1. The Balaban J connectivity index is 1.44. The highest BCUT2D eigenvalue weighted by molar-refractivity contribution is 6.29. The molecular formula is C17H17ClN6O. The maximum atomic E-state index is 6.08. The molecule has 0 spiro atoms. The number of ether oxygens (including phenoxy) is 1. The van der Waals surface area contributed by atoms with Crippen molar-refractivity contribution in [2.75, 3.05) is 12.4 Å². The lowest BCUT2D eigenvalue weighted by Gasteiger charge is -2.06. The number of rotatable bonds is 6. The second-order valence-corrected chi connectivity index (χ2v) is 6.30. The molecule has 1 aliphatic carbocycles. The molecule has 0 atom stereocenters. The Hall–Kier alpha value is -2.67. The monoisotopic (exact) mass is 356 g/mol. The molecule has 1 saturated carbocycles. The van der Waals surface area contributed by atoms with Crippen LogP contribution in [0.2, 0.25) is 5.15 Å². The molecule has 1 aliphatic rings. The van der Waals surface area contributed by atoms with Crippen LogP contribution in [0.1, 0.15) is 30.3 Å². The second-order valence-electron chi connectivity index (χ2n) is 5.91. The molecule has 7 nitrogen and oxygen atoms in total. The van der Waals surface area contributed by atoms with E-state index >= 15 is 0 Å². The number of halogens is 1. The Labute approximate surface area is 150 Å². The van der Waals surface area contributed by atoms with E-state index in [4.69, 9.17) is 16.3 Å². The molecular weight excluding hydrogens is 340 g/mol. The number of nitrogens with zero attached hydrogens (tertiary/aromatic N) is 5. The first-order chi connectivity index (χ1) is 12.2. The molecule has 1 fully saturated rings. The summed E-state index contributed by atoms with van der Waals surface area (Å²) >= 11 is 6.08. The Kier molecular flexibility index (Phi) is 4.23. The fourth-order valence-corrected chi connectivity index (χ4v) is 2.66. The smallest absolute Gasteiger partial charge is 0.135 e. The summed E-state index contributed by atoms with van der Waals surface area (Å²) in [6, 6.07) is 9.35. The van der Waals surface area contributed by atoms with Crippen LogP contribution in [0.3, 0.4) is 0 Å². The van der Waals surface area contributed by atoms with Gasteiger partial charge < -0.3 is 10.1 Å². The zero-order chi connectivity index (χ0) is 17.2. The maximum absolute atomic E-state index is 6.08. The molecule has 1 N–H and O–H groups in total. The predicted molar refractivity (Wildman–Crippen MR) is 94.3 cm³/mol. The van der Waals surface area contributed by atoms with Gasteiger partial charge >= 0.3 is 0 Å². The van der Waals surface area contributed by atoms with Crippen molar-refractivity contribution in [1.29, 1.82) is 0 Å². The van der Waals surface area contributed by atoms with Crippen LogP contribution in [-0.2, 0) is 6.54 Å². The van der Waals surface area contributed by atoms with Gasteiger partial charge in [0.15, 0.2) is 0 Å². The zero-order valence-corrected chi connectivity index (χ0v) is 14.4. The molecule has 2 aromatic heterocycles. The minimum Gasteiger partial charge on any atom is -0.497 e. The number of nitrogens with one attached hydrogen (secondary N) is 1. The van der Waals surface area contributed by atoms with E-state index in [9.17, 15) is 0 Å². The van der Waals surface area contributed by atoms with Crippen molar-refractivity contribution in [3.05, 3.63) is 53.2 Å². The molecule has 8 heteroatoms. The largest absolute Gasteiger partial charge is 0.497 e. The van der Waals surface area contributed by atoms with Crippen LogP contribution in [0.15, 0.2) is 36.5 Å². The van der Waals surface area contributed by atoms with Gasteiger partial charge in [0.2, 0.25) is 0 Å². The quantitative estimate of drug-likeness (QED) is 0.683. The van der Waals surface area contributed by atoms with Crippen LogP contribution in [0.5, 0.6) is 5.75 Å². The highest BCUT2D eigenvalue weighted by atomic mass is 35.5. The number of anilines is 1. The number of hydrogen-bond donors (Lipinski definition) is 1. The molecule has 1 aromatic carbocycles. The SMILES string of the molecule is COc1ccc(-n2cc(CNc3cc(Cl)nc(C4CC4)n3)nn2)cc1. The Morgan fingerprint density at radius 3 is 2.76 bits per heavy atom. The van der Waals surface area contributed by atoms with Gasteiger partial charge in [0.1, 0.15) is 28.2 Å². The fourth-order valence-electron chi connectivity index (χ4n) is 2.47. The molecule has 128 valence electrons. The van der Waals surface area contributed by atoms with Gasteiger partial charge in [0.05, 0.1) is 25.5 Å². The predicted octanol–water partition coefficient (Wildman–Crippen LogP) is 3.21. The zero-order valence-electron chi connectivity index (χ0n) is 13.7. The highest BCUT2D eigenvalue weighted by Gasteiger charge is 2.27. The molecule has 3 aromatic rings. The third-order valence-corrected chi connectivity index (χ3v) is 4.18. The van der Waals surface area contributed by atoms with Crippen LogP contribution >= 0.6 is 11.6 Å². The van der Waals surface area contributed by atoms with E-state index in [0.29, 0.717) is 23.4 Å². The average Bonchev–Trinajstić information content (AvgIpc) is 3.38. The van der Waals surface area contributed by atoms with E-state index in [1.807, 2.05) is 30.5 Å². The Morgan fingerprint density at radius 1 is 1.24 bits per heavy atom. The van der Waals surface area contributed by atoms with E-state index in [-0.39, 0.29) is 0 Å². The average molecular weight is 357 g/mol. The summed E-state index contributed by atoms with van der Waals surface area (Å²) in [4.78, 5) is 8.80. The molecule has 25 heavy (non-hydrogen) atoms. The first-order valence-corrected chi connectivity index (χ1v) is 8.43. The van der Waals surface area contributed by atoms with Gasteiger partial charge in [-0.2, -0.15) is 0 Å². The van der Waals surface area contributed by atoms with Crippen LogP contribution < -0.4 is 10.1 Å². The summed E-state index contributed by atoms with van der Waals surface area (Å²) in [7, 11) is 1.64. The minimum absolute atomic E-state index is 0.454. The molecule has 0 amide bonds. The molecule has 0 unspecified atom stereocenters. The summed E-state index contributed by atoms with van der Waals surface area (Å²) in [6.07, 6.45) is 4.14. The van der Waals surface area contributed by atoms with Gasteiger partial charge in [-0.1, -0.05) is 16.8 Å². The lowest BCUT2D eigenvalue weighted by atomic mass is 10.3. The second kappa shape index (κ2) is 6.68. The summed E-state index contributed by atoms with van der Waals surface area (Å²) in [5, 5.41) is 12.0. The standard InChI is InChI=1S/C17H17ClN6O/c1-25-14-6-4-13(5-7-14)24-10-12(22-23-24)9-19-16-8-15(18)20-17(21-16)11-2-3-11/h4-8,10-11H,2-3,9H2,1H3,(H,19,20,21). The van der Waals surface area contributed by atoms with Gasteiger partial charge in [0, 0.05) is 12.0 Å². The molecule has 0 bridgehead atoms. The normalized spacial score (nSPS) is 13.7. The summed E-state index contributed by atoms with van der Waals surface area (Å²) in [6.45, 7) is 0.508. The van der Waals surface area contributed by atoms with Gasteiger partial charge in [-0.05, 0) is 37.1 Å². The number of benzene rings is 1. The van der Waals surface area contributed by atoms with E-state index in [1.165, 1.54) is 0 Å². The molecule has 0 saturated heterocycles. The maximum Gasteiger partial charge on any atom is 0.135 e. The molecule has 0 radical (unpaired) electrons. The number of hydrogen-bond acceptors (Lipinski definition) is 6. The Bertz CT molecular complexity index is 875. The molecule has 2 heterocycles. The van der Waals surface area contributed by atoms with Crippen molar-refractivity contribution >= 4 is 17.4 Å². The van der Waals surface area contributed by atoms with Crippen molar-refractivity contribution < 1.29 is 4.74 Å². The molecule has 4 rings (SSSR count). The fraction of sp³-hybridized carbons (Fsp3) is 0.294. The van der Waals surface area contributed by atoms with Gasteiger partial charge in [-0.15, -0.1) is 5.10 Å². The van der Waals surface area contributed by atoms with Crippen LogP contribution in [-0.4, -0.2) is 32.1 Å². The Morgan fingerprint density at radius 2 is 2.04 bits per heavy atom. The summed E-state index contributed by atoms with van der Waals surface area (Å²) < 4.78 is 6.88. The van der Waals surface area contributed by atoms with Crippen molar-refractivity contribution in [2.24, 2.45) is 0 Å². The first-order valence-electron chi connectivity index (χ1n) is 8.05. The van der Waals surface area contributed by atoms with Gasteiger partial charge in [-0.3, -0.25) is 0 Å². The van der Waals surface area contributed by atoms with E-state index in [1.54, 1.807) is 17.9 Å². The highest BCUT2D eigenvalue weighted by Crippen LogP contribution is 2.38. The lowest BCUT2D eigenvalue weighted by molar-refractivity contribution is 0.414. The van der Waals surface area contributed by atoms with Crippen molar-refractivity contribution in [1.82, 2.24) is 25.0 Å². The van der Waals surface area contributed by atoms with E-state index < -0.39 is 0 Å². The van der Waals surface area contributed by atoms with Crippen molar-refractivity contribution in [3.8, 4) is 11.4 Å². The van der Waals surface area contributed by atoms with Crippen LogP contribution in [0.4, 0.5) is 5.82 Å². The third-order valence-electron chi connectivity index (χ3n) is 3.98. The van der Waals surface area contributed by atoms with Crippen molar-refractivity contribution in [2.45, 2.75) is 25.3 Å². The van der Waals surface area contributed by atoms with E-state index in [0.717, 1.165) is 35.8 Å².